The lowest BCUT2D eigenvalue weighted by Gasteiger charge is -2.27. The summed E-state index contributed by atoms with van der Waals surface area (Å²) in [5.74, 6) is 0. The molecule has 2 aromatic heterocycles. The normalized spacial score (nSPS) is 12.8. The number of hydrogen-bond donors (Lipinski definition) is 1. The summed E-state index contributed by atoms with van der Waals surface area (Å²) < 4.78 is 3.25. The van der Waals surface area contributed by atoms with Crippen LogP contribution in [-0.2, 0) is 19.0 Å². The van der Waals surface area contributed by atoms with Crippen LogP contribution in [0.2, 0.25) is 0 Å². The van der Waals surface area contributed by atoms with Gasteiger partial charge in [-0.25, -0.2) is 4.79 Å². The van der Waals surface area contributed by atoms with Crippen molar-refractivity contribution in [1.29, 1.82) is 5.26 Å². The smallest absolute Gasteiger partial charge is 0.297 e. The summed E-state index contributed by atoms with van der Waals surface area (Å²) in [5.41, 5.74) is 5.53. The van der Waals surface area contributed by atoms with Gasteiger partial charge in [0.1, 0.15) is 0 Å². The van der Waals surface area contributed by atoms with Gasteiger partial charge in [0, 0.05) is 30.6 Å². The van der Waals surface area contributed by atoms with Gasteiger partial charge in [0.2, 0.25) is 0 Å². The monoisotopic (exact) mass is 437 g/mol. The van der Waals surface area contributed by atoms with E-state index in [4.69, 9.17) is 0 Å². The molecule has 0 atom stereocenters. The van der Waals surface area contributed by atoms with Crippen molar-refractivity contribution < 1.29 is 5.21 Å². The molecule has 0 unspecified atom stereocenters. The van der Waals surface area contributed by atoms with Gasteiger partial charge in [0.05, 0.1) is 40.8 Å². The molecular formula is C26H23N5O2. The third-order valence-corrected chi connectivity index (χ3v) is 6.33. The fraction of sp³-hybridized carbons (Fsp3) is 0.192. The van der Waals surface area contributed by atoms with Gasteiger partial charge < -0.3 is 0 Å². The highest BCUT2D eigenvalue weighted by Crippen LogP contribution is 2.41. The van der Waals surface area contributed by atoms with Gasteiger partial charge >= 0.3 is 5.69 Å². The number of benzene rings is 2. The summed E-state index contributed by atoms with van der Waals surface area (Å²) in [6.45, 7) is 3.93. The maximum absolute atomic E-state index is 13.3. The number of hydroxylamine groups is 1. The predicted octanol–water partition coefficient (Wildman–Crippen LogP) is 4.42. The molecule has 5 rings (SSSR count). The van der Waals surface area contributed by atoms with Crippen molar-refractivity contribution in [2.24, 2.45) is 7.05 Å². The van der Waals surface area contributed by atoms with Crippen LogP contribution in [0, 0.1) is 11.3 Å². The van der Waals surface area contributed by atoms with Crippen molar-refractivity contribution in [2.75, 3.05) is 5.06 Å². The number of nitriles is 1. The second kappa shape index (κ2) is 7.47. The van der Waals surface area contributed by atoms with Crippen LogP contribution in [0.4, 0.5) is 5.69 Å². The van der Waals surface area contributed by atoms with Crippen LogP contribution in [-0.4, -0.2) is 19.3 Å². The third kappa shape index (κ3) is 3.23. The molecule has 7 heteroatoms. The zero-order valence-electron chi connectivity index (χ0n) is 18.6. The van der Waals surface area contributed by atoms with E-state index in [1.807, 2.05) is 68.4 Å². The number of rotatable bonds is 3. The largest absolute Gasteiger partial charge is 0.333 e. The lowest BCUT2D eigenvalue weighted by atomic mass is 9.86. The number of pyridine rings is 1. The first-order chi connectivity index (χ1) is 15.8. The summed E-state index contributed by atoms with van der Waals surface area (Å²) in [6, 6.07) is 19.5. The zero-order valence-corrected chi connectivity index (χ0v) is 18.6. The van der Waals surface area contributed by atoms with E-state index in [1.54, 1.807) is 28.6 Å². The van der Waals surface area contributed by atoms with E-state index in [9.17, 15) is 15.3 Å². The number of aromatic nitrogens is 3. The first-order valence-corrected chi connectivity index (χ1v) is 10.7. The first-order valence-electron chi connectivity index (χ1n) is 10.7. The molecule has 0 saturated carbocycles. The van der Waals surface area contributed by atoms with E-state index in [-0.39, 0.29) is 12.2 Å². The Labute approximate surface area is 191 Å². The Hall–Kier alpha value is -4.15. The van der Waals surface area contributed by atoms with Crippen molar-refractivity contribution in [3.8, 4) is 34.1 Å². The van der Waals surface area contributed by atoms with Crippen LogP contribution >= 0.6 is 0 Å². The predicted molar refractivity (Wildman–Crippen MR) is 126 cm³/mol. The van der Waals surface area contributed by atoms with Crippen molar-refractivity contribution in [3.05, 3.63) is 88.7 Å². The Balaban J connectivity index is 1.73. The van der Waals surface area contributed by atoms with Gasteiger partial charge in [-0.2, -0.15) is 5.26 Å². The maximum atomic E-state index is 13.3. The fourth-order valence-electron chi connectivity index (χ4n) is 4.33. The van der Waals surface area contributed by atoms with E-state index >= 15 is 0 Å². The fourth-order valence-corrected chi connectivity index (χ4v) is 4.33. The second-order valence-electron chi connectivity index (χ2n) is 8.79. The maximum Gasteiger partial charge on any atom is 0.333 e. The SMILES string of the molecule is Cn1c2c(n(-c3ccc(C(C)(C)C#N)cc3)c1=O)-c1cc(-c3cccnc3)ccc1N(O)C2. The molecule has 0 spiro atoms. The number of fused-ring (bicyclic) bond motifs is 3. The van der Waals surface area contributed by atoms with Gasteiger partial charge in [-0.15, -0.1) is 0 Å². The Kier molecular flexibility index (Phi) is 4.69. The number of hydrogen-bond acceptors (Lipinski definition) is 5. The first kappa shape index (κ1) is 20.7. The van der Waals surface area contributed by atoms with E-state index in [0.29, 0.717) is 11.4 Å². The topological polar surface area (TPSA) is 87.1 Å². The van der Waals surface area contributed by atoms with E-state index in [2.05, 4.69) is 11.1 Å². The zero-order chi connectivity index (χ0) is 23.3. The van der Waals surface area contributed by atoms with Gasteiger partial charge in [-0.05, 0) is 55.3 Å². The van der Waals surface area contributed by atoms with Gasteiger partial charge in [-0.3, -0.25) is 24.4 Å². The molecule has 0 fully saturated rings. The van der Waals surface area contributed by atoms with E-state index in [1.165, 1.54) is 5.06 Å². The molecule has 164 valence electrons. The molecular weight excluding hydrogens is 414 g/mol. The van der Waals surface area contributed by atoms with Crippen molar-refractivity contribution >= 4 is 5.69 Å². The minimum Gasteiger partial charge on any atom is -0.297 e. The average molecular weight is 438 g/mol. The lowest BCUT2D eigenvalue weighted by molar-refractivity contribution is 0.246. The third-order valence-electron chi connectivity index (χ3n) is 6.33. The summed E-state index contributed by atoms with van der Waals surface area (Å²) in [7, 11) is 1.72. The van der Waals surface area contributed by atoms with E-state index in [0.717, 1.165) is 33.6 Å². The lowest BCUT2D eigenvalue weighted by Crippen LogP contribution is -2.25. The minimum atomic E-state index is -0.623. The van der Waals surface area contributed by atoms with Gasteiger partial charge in [0.15, 0.2) is 0 Å². The second-order valence-corrected chi connectivity index (χ2v) is 8.79. The molecule has 2 aromatic carbocycles. The Bertz CT molecular complexity index is 1460. The molecule has 7 nitrogen and oxygen atoms in total. The molecule has 0 amide bonds. The molecule has 1 N–H and O–H groups in total. The standard InChI is InChI=1S/C26H23N5O2/c1-26(2,16-27)19-7-9-20(10-8-19)31-24-21-13-17(18-5-4-12-28-14-18)6-11-22(21)30(33)15-23(24)29(3)25(31)32/h4-14,33H,15H2,1-3H3. The van der Waals surface area contributed by atoms with Gasteiger partial charge in [-0.1, -0.05) is 24.3 Å². The summed E-state index contributed by atoms with van der Waals surface area (Å²) in [5, 5.41) is 21.3. The Morgan fingerprint density at radius 1 is 1.09 bits per heavy atom. The molecule has 0 bridgehead atoms. The number of nitrogens with zero attached hydrogens (tertiary/aromatic N) is 5. The summed E-state index contributed by atoms with van der Waals surface area (Å²) >= 11 is 0. The molecule has 4 aromatic rings. The molecule has 33 heavy (non-hydrogen) atoms. The highest BCUT2D eigenvalue weighted by atomic mass is 16.5. The summed E-state index contributed by atoms with van der Waals surface area (Å²) in [6.07, 6.45) is 3.51. The van der Waals surface area contributed by atoms with Crippen LogP contribution in [0.5, 0.6) is 0 Å². The Morgan fingerprint density at radius 3 is 2.52 bits per heavy atom. The molecule has 3 heterocycles. The quantitative estimate of drug-likeness (QED) is 0.513. The molecule has 1 aliphatic rings. The average Bonchev–Trinajstić information content (AvgIpc) is 3.09. The highest BCUT2D eigenvalue weighted by molar-refractivity contribution is 5.85. The minimum absolute atomic E-state index is 0.194. The molecule has 0 aliphatic carbocycles. The molecule has 0 radical (unpaired) electrons. The molecule has 1 aliphatic heterocycles. The van der Waals surface area contributed by atoms with Crippen molar-refractivity contribution in [1.82, 2.24) is 14.1 Å². The van der Waals surface area contributed by atoms with Crippen molar-refractivity contribution in [2.45, 2.75) is 25.8 Å². The van der Waals surface area contributed by atoms with Crippen molar-refractivity contribution in [3.63, 3.8) is 0 Å². The van der Waals surface area contributed by atoms with Crippen LogP contribution in [0.25, 0.3) is 28.1 Å². The van der Waals surface area contributed by atoms with Crippen LogP contribution in [0.15, 0.2) is 71.8 Å². The highest BCUT2D eigenvalue weighted by Gasteiger charge is 2.30. The number of imidazole rings is 1. The van der Waals surface area contributed by atoms with Gasteiger partial charge in [0.25, 0.3) is 0 Å². The summed E-state index contributed by atoms with van der Waals surface area (Å²) in [4.78, 5) is 17.5. The van der Waals surface area contributed by atoms with Crippen LogP contribution in [0.1, 0.15) is 25.1 Å². The molecule has 0 saturated heterocycles. The Morgan fingerprint density at radius 2 is 1.85 bits per heavy atom. The van der Waals surface area contributed by atoms with Crippen LogP contribution in [0.3, 0.4) is 0 Å². The van der Waals surface area contributed by atoms with Crippen LogP contribution < -0.4 is 10.8 Å². The number of anilines is 1. The van der Waals surface area contributed by atoms with E-state index < -0.39 is 5.41 Å².